The van der Waals surface area contributed by atoms with Crippen molar-refractivity contribution < 1.29 is 5.48 Å². The van der Waals surface area contributed by atoms with Crippen molar-refractivity contribution in [3.8, 4) is 22.4 Å². The number of para-hydroxylation sites is 4. The molecule has 0 N–H and O–H groups in total. The molecule has 2 aromatic heterocycles. The van der Waals surface area contributed by atoms with E-state index in [1.807, 2.05) is 97.1 Å². The fourth-order valence-electron chi connectivity index (χ4n) is 10.3. The van der Waals surface area contributed by atoms with Crippen LogP contribution in [0.4, 0.5) is 34.1 Å². The second-order valence-electron chi connectivity index (χ2n) is 18.4. The molecule has 3 nitrogen and oxygen atoms in total. The van der Waals surface area contributed by atoms with Gasteiger partial charge in [0.05, 0.1) is 16.7 Å². The zero-order valence-electron chi connectivity index (χ0n) is 38.7. The number of fused-ring (bicyclic) bond motifs is 10. The SMILES string of the molecule is [2H]c1ccc(N(c2ccc([2H])cc2)c2ccc3c(c2)C(C)(C)c2c-3n3c4c(c5cc(C(C)(C)C)cc2c53)-c2ccc(N(c3ccc([2H])cc3)c3ccc([2H])cc3)cc2C4(C)C)cc1. The van der Waals surface area contributed by atoms with E-state index in [1.54, 1.807) is 0 Å². The van der Waals surface area contributed by atoms with Gasteiger partial charge in [-0.25, -0.2) is 0 Å². The second-order valence-corrected chi connectivity index (χ2v) is 18.4. The van der Waals surface area contributed by atoms with Crippen LogP contribution in [0, 0.1) is 0 Å². The van der Waals surface area contributed by atoms with E-state index in [0.29, 0.717) is 24.2 Å². The summed E-state index contributed by atoms with van der Waals surface area (Å²) >= 11 is 0. The maximum Gasteiger partial charge on any atom is 0.0623 e. The third-order valence-corrected chi connectivity index (χ3v) is 13.1. The summed E-state index contributed by atoms with van der Waals surface area (Å²) in [6, 6.07) is 51.3. The van der Waals surface area contributed by atoms with Crippen LogP contribution in [0.2, 0.25) is 0 Å². The first-order valence-electron chi connectivity index (χ1n) is 22.7. The lowest BCUT2D eigenvalue weighted by Crippen LogP contribution is -2.19. The Morgan fingerprint density at radius 1 is 0.492 bits per heavy atom. The number of hydrogen-bond donors (Lipinski definition) is 0. The minimum absolute atomic E-state index is 0.0834. The zero-order chi connectivity index (χ0) is 43.9. The largest absolute Gasteiger partial charge is 0.310 e. The molecular weight excluding hydrogens is 715 g/mol. The number of aromatic nitrogens is 1. The van der Waals surface area contributed by atoms with Crippen molar-refractivity contribution in [2.24, 2.45) is 0 Å². The number of anilines is 6. The third kappa shape index (κ3) is 5.07. The summed E-state index contributed by atoms with van der Waals surface area (Å²) in [5.41, 5.74) is 18.0. The summed E-state index contributed by atoms with van der Waals surface area (Å²) in [7, 11) is 0. The predicted octanol–water partition coefficient (Wildman–Crippen LogP) is 15.4. The second kappa shape index (κ2) is 12.5. The molecule has 0 amide bonds. The van der Waals surface area contributed by atoms with Gasteiger partial charge in [0.15, 0.2) is 0 Å². The highest BCUT2D eigenvalue weighted by Gasteiger charge is 2.47. The Morgan fingerprint density at radius 3 is 1.37 bits per heavy atom. The maximum absolute atomic E-state index is 8.21. The first-order chi connectivity index (χ1) is 30.0. The van der Waals surface area contributed by atoms with E-state index in [2.05, 4.69) is 111 Å². The Kier molecular flexibility index (Phi) is 6.64. The van der Waals surface area contributed by atoms with E-state index in [9.17, 15) is 0 Å². The quantitative estimate of drug-likeness (QED) is 0.167. The Labute approximate surface area is 353 Å². The van der Waals surface area contributed by atoms with E-state index in [-0.39, 0.29) is 16.2 Å². The van der Waals surface area contributed by atoms with Gasteiger partial charge in [0.25, 0.3) is 0 Å². The van der Waals surface area contributed by atoms with E-state index >= 15 is 0 Å². The summed E-state index contributed by atoms with van der Waals surface area (Å²) in [6.07, 6.45) is 0. The summed E-state index contributed by atoms with van der Waals surface area (Å²) in [6.45, 7) is 16.5. The normalized spacial score (nSPS) is 15.6. The fourth-order valence-corrected chi connectivity index (χ4v) is 10.3. The molecular formula is C56H49N3. The predicted molar refractivity (Wildman–Crippen MR) is 249 cm³/mol. The van der Waals surface area contributed by atoms with Crippen molar-refractivity contribution in [2.75, 3.05) is 9.80 Å². The Balaban J connectivity index is 1.14. The van der Waals surface area contributed by atoms with Gasteiger partial charge in [0.2, 0.25) is 0 Å². The molecule has 9 aromatic rings. The maximum atomic E-state index is 8.21. The first-order valence-corrected chi connectivity index (χ1v) is 20.7. The monoisotopic (exact) mass is 767 g/mol. The molecule has 0 spiro atoms. The highest BCUT2D eigenvalue weighted by Crippen LogP contribution is 2.61. The average molecular weight is 768 g/mol. The van der Waals surface area contributed by atoms with Crippen LogP contribution in [0.1, 0.15) is 81.9 Å². The number of benzene rings is 7. The average Bonchev–Trinajstić information content (AvgIpc) is 3.92. The molecule has 2 aliphatic carbocycles. The summed E-state index contributed by atoms with van der Waals surface area (Å²) < 4.78 is 35.5. The molecule has 0 bridgehead atoms. The molecule has 59 heavy (non-hydrogen) atoms. The van der Waals surface area contributed by atoms with Crippen LogP contribution < -0.4 is 9.80 Å². The fraction of sp³-hybridized carbons (Fsp3) is 0.179. The van der Waals surface area contributed by atoms with E-state index in [4.69, 9.17) is 5.48 Å². The summed E-state index contributed by atoms with van der Waals surface area (Å²) in [4.78, 5) is 4.47. The molecule has 0 saturated carbocycles. The molecule has 0 radical (unpaired) electrons. The van der Waals surface area contributed by atoms with Crippen LogP contribution in [-0.4, -0.2) is 4.40 Å². The van der Waals surface area contributed by atoms with Crippen LogP contribution in [-0.2, 0) is 16.2 Å². The molecule has 0 atom stereocenters. The van der Waals surface area contributed by atoms with Crippen LogP contribution in [0.3, 0.4) is 0 Å². The lowest BCUT2D eigenvalue weighted by Gasteiger charge is -2.28. The Hall–Kier alpha value is -6.58. The standard InChI is InChI=1S/C56H49N3/c1-54(2,3)36-32-45-49-43-30-28-41(57(37-20-12-8-13-21-37)38-22-14-9-15-23-38)34-47(43)56(6,7)53(49)59-51(45)46(33-36)50-52(59)44-31-29-42(35-48(44)55(50,4)5)58(39-24-16-10-17-25-39)40-26-18-11-19-27-40/h8-35H,1-7H3/i8D,9D,10D,11D. The van der Waals surface area contributed by atoms with Crippen molar-refractivity contribution >= 4 is 50.4 Å². The highest BCUT2D eigenvalue weighted by atomic mass is 15.1. The summed E-state index contributed by atoms with van der Waals surface area (Å²) in [5.74, 6) is 0. The van der Waals surface area contributed by atoms with Gasteiger partial charge in [-0.05, 0) is 118 Å². The van der Waals surface area contributed by atoms with Gasteiger partial charge < -0.3 is 14.2 Å². The van der Waals surface area contributed by atoms with Crippen LogP contribution in [0.5, 0.6) is 0 Å². The van der Waals surface area contributed by atoms with Crippen molar-refractivity contribution in [3.05, 3.63) is 198 Å². The molecule has 7 aromatic carbocycles. The molecule has 2 heterocycles. The molecule has 0 unspecified atom stereocenters. The molecule has 0 fully saturated rings. The van der Waals surface area contributed by atoms with E-state index in [1.165, 1.54) is 66.6 Å². The molecule has 0 saturated heterocycles. The van der Waals surface area contributed by atoms with Gasteiger partial charge in [0, 0.05) is 72.5 Å². The topological polar surface area (TPSA) is 10.9 Å². The molecule has 288 valence electrons. The van der Waals surface area contributed by atoms with E-state index in [0.717, 1.165) is 34.1 Å². The number of nitrogens with zero attached hydrogens (tertiary/aromatic N) is 3. The summed E-state index contributed by atoms with van der Waals surface area (Å²) in [5, 5.41) is 2.61. The van der Waals surface area contributed by atoms with Crippen molar-refractivity contribution in [1.82, 2.24) is 4.40 Å². The van der Waals surface area contributed by atoms with Crippen LogP contribution in [0.15, 0.2) is 170 Å². The molecule has 0 aliphatic heterocycles. The highest BCUT2D eigenvalue weighted by molar-refractivity contribution is 6.15. The van der Waals surface area contributed by atoms with Crippen molar-refractivity contribution in [1.29, 1.82) is 0 Å². The van der Waals surface area contributed by atoms with Gasteiger partial charge in [0.1, 0.15) is 0 Å². The minimum atomic E-state index is -0.374. The molecule has 11 rings (SSSR count). The smallest absolute Gasteiger partial charge is 0.0623 e. The molecule has 2 aliphatic rings. The number of hydrogen-bond acceptors (Lipinski definition) is 2. The third-order valence-electron chi connectivity index (χ3n) is 13.1. The van der Waals surface area contributed by atoms with Gasteiger partial charge in [-0.15, -0.1) is 0 Å². The zero-order valence-corrected chi connectivity index (χ0v) is 34.7. The van der Waals surface area contributed by atoms with Gasteiger partial charge in [-0.2, -0.15) is 0 Å². The minimum Gasteiger partial charge on any atom is -0.310 e. The van der Waals surface area contributed by atoms with Gasteiger partial charge in [-0.3, -0.25) is 0 Å². The van der Waals surface area contributed by atoms with Gasteiger partial charge in [-0.1, -0.05) is 133 Å². The Morgan fingerprint density at radius 2 is 0.915 bits per heavy atom. The van der Waals surface area contributed by atoms with Crippen LogP contribution >= 0.6 is 0 Å². The van der Waals surface area contributed by atoms with Crippen molar-refractivity contribution in [3.63, 3.8) is 0 Å². The lowest BCUT2D eigenvalue weighted by atomic mass is 9.79. The number of rotatable bonds is 6. The van der Waals surface area contributed by atoms with Crippen molar-refractivity contribution in [2.45, 2.75) is 64.7 Å². The van der Waals surface area contributed by atoms with Crippen LogP contribution in [0.25, 0.3) is 38.7 Å². The first kappa shape index (κ1) is 31.4. The lowest BCUT2D eigenvalue weighted by molar-refractivity contribution is 0.591. The molecule has 3 heteroatoms. The van der Waals surface area contributed by atoms with Gasteiger partial charge >= 0.3 is 0 Å². The Bertz CT molecular complexity index is 3190. The van der Waals surface area contributed by atoms with E-state index < -0.39 is 0 Å².